The van der Waals surface area contributed by atoms with Crippen LogP contribution >= 0.6 is 27.3 Å². The van der Waals surface area contributed by atoms with E-state index < -0.39 is 0 Å². The number of benzene rings is 1. The third-order valence-electron chi connectivity index (χ3n) is 2.44. The number of halogens is 1. The van der Waals surface area contributed by atoms with Crippen LogP contribution in [0.1, 0.15) is 9.75 Å². The van der Waals surface area contributed by atoms with Crippen molar-refractivity contribution in [3.05, 3.63) is 44.6 Å². The Morgan fingerprint density at radius 1 is 1.35 bits per heavy atom. The fourth-order valence-electron chi connectivity index (χ4n) is 1.53. The number of anilines is 1. The van der Waals surface area contributed by atoms with Crippen molar-refractivity contribution in [3.8, 4) is 5.75 Å². The van der Waals surface area contributed by atoms with Crippen molar-refractivity contribution in [2.24, 2.45) is 0 Å². The second-order valence-corrected chi connectivity index (χ2v) is 5.90. The number of hydrogen-bond acceptors (Lipinski definition) is 3. The number of ether oxygens (including phenoxy) is 1. The highest BCUT2D eigenvalue weighted by Crippen LogP contribution is 2.27. The molecule has 2 nitrogen and oxygen atoms in total. The van der Waals surface area contributed by atoms with Crippen molar-refractivity contribution in [2.45, 2.75) is 13.5 Å². The molecule has 4 heteroatoms. The molecule has 2 rings (SSSR count). The van der Waals surface area contributed by atoms with Crippen molar-refractivity contribution < 1.29 is 4.74 Å². The lowest BCUT2D eigenvalue weighted by atomic mass is 10.3. The van der Waals surface area contributed by atoms with E-state index in [2.05, 4.69) is 34.2 Å². The first-order valence-corrected chi connectivity index (χ1v) is 6.92. The minimum atomic E-state index is 0.838. The molecule has 0 unspecified atom stereocenters. The van der Waals surface area contributed by atoms with E-state index in [-0.39, 0.29) is 0 Å². The van der Waals surface area contributed by atoms with E-state index in [0.717, 1.165) is 18.0 Å². The minimum Gasteiger partial charge on any atom is -0.497 e. The molecule has 0 radical (unpaired) electrons. The van der Waals surface area contributed by atoms with Gasteiger partial charge in [0.1, 0.15) is 5.75 Å². The zero-order valence-corrected chi connectivity index (χ0v) is 12.2. The first kappa shape index (κ1) is 12.5. The van der Waals surface area contributed by atoms with Gasteiger partial charge in [0.15, 0.2) is 0 Å². The summed E-state index contributed by atoms with van der Waals surface area (Å²) in [6, 6.07) is 10.1. The van der Waals surface area contributed by atoms with E-state index in [9.17, 15) is 0 Å². The van der Waals surface area contributed by atoms with Gasteiger partial charge in [0.25, 0.3) is 0 Å². The van der Waals surface area contributed by atoms with Crippen LogP contribution in [0.15, 0.2) is 34.8 Å². The standard InChI is InChI=1S/C13H14BrNOS/c1-9-13(14)7-12(17-9)8-15-10-4-3-5-11(6-10)16-2/h3-7,15H,8H2,1-2H3. The second-order valence-electron chi connectivity index (χ2n) is 3.70. The molecule has 0 aliphatic heterocycles. The zero-order chi connectivity index (χ0) is 12.3. The largest absolute Gasteiger partial charge is 0.497 e. The van der Waals surface area contributed by atoms with E-state index in [4.69, 9.17) is 4.74 Å². The van der Waals surface area contributed by atoms with Gasteiger partial charge in [-0.3, -0.25) is 0 Å². The van der Waals surface area contributed by atoms with Crippen molar-refractivity contribution in [1.82, 2.24) is 0 Å². The molecule has 0 fully saturated rings. The lowest BCUT2D eigenvalue weighted by molar-refractivity contribution is 0.415. The van der Waals surface area contributed by atoms with Gasteiger partial charge in [0.2, 0.25) is 0 Å². The molecule has 1 aromatic heterocycles. The summed E-state index contributed by atoms with van der Waals surface area (Å²) in [6.07, 6.45) is 0. The molecule has 90 valence electrons. The predicted molar refractivity (Wildman–Crippen MR) is 77.1 cm³/mol. The summed E-state index contributed by atoms with van der Waals surface area (Å²) in [5.74, 6) is 0.874. The van der Waals surface area contributed by atoms with Crippen LogP contribution in [0.25, 0.3) is 0 Å². The van der Waals surface area contributed by atoms with Crippen LogP contribution in [-0.2, 0) is 6.54 Å². The first-order chi connectivity index (χ1) is 8.19. The molecule has 0 saturated carbocycles. The molecule has 0 atom stereocenters. The molecule has 1 heterocycles. The van der Waals surface area contributed by atoms with Crippen LogP contribution in [0.3, 0.4) is 0 Å². The maximum Gasteiger partial charge on any atom is 0.120 e. The van der Waals surface area contributed by atoms with Gasteiger partial charge >= 0.3 is 0 Å². The van der Waals surface area contributed by atoms with Crippen LogP contribution < -0.4 is 10.1 Å². The quantitative estimate of drug-likeness (QED) is 0.901. The fraction of sp³-hybridized carbons (Fsp3) is 0.231. The Hall–Kier alpha value is -1.000. The molecule has 1 N–H and O–H groups in total. The second kappa shape index (κ2) is 5.56. The Morgan fingerprint density at radius 2 is 2.18 bits per heavy atom. The van der Waals surface area contributed by atoms with Crippen molar-refractivity contribution >= 4 is 33.0 Å². The molecule has 0 aliphatic rings. The van der Waals surface area contributed by atoms with Crippen molar-refractivity contribution in [2.75, 3.05) is 12.4 Å². The Kier molecular flexibility index (Phi) is 4.07. The normalized spacial score (nSPS) is 10.3. The van der Waals surface area contributed by atoms with E-state index in [1.165, 1.54) is 14.2 Å². The van der Waals surface area contributed by atoms with Gasteiger partial charge in [-0.05, 0) is 41.1 Å². The number of aryl methyl sites for hydroxylation is 1. The first-order valence-electron chi connectivity index (χ1n) is 5.32. The van der Waals surface area contributed by atoms with Crippen LogP contribution in [0.5, 0.6) is 5.75 Å². The topological polar surface area (TPSA) is 21.3 Å². The number of thiophene rings is 1. The van der Waals surface area contributed by atoms with Gasteiger partial charge in [0.05, 0.1) is 7.11 Å². The Labute approximate surface area is 114 Å². The fourth-order valence-corrected chi connectivity index (χ4v) is 3.07. The molecule has 0 amide bonds. The van der Waals surface area contributed by atoms with Crippen LogP contribution in [0, 0.1) is 6.92 Å². The zero-order valence-electron chi connectivity index (χ0n) is 9.79. The van der Waals surface area contributed by atoms with Gasteiger partial charge < -0.3 is 10.1 Å². The molecule has 0 bridgehead atoms. The Bertz CT molecular complexity index is 490. The molecular formula is C13H14BrNOS. The van der Waals surface area contributed by atoms with Crippen LogP contribution in [0.4, 0.5) is 5.69 Å². The van der Waals surface area contributed by atoms with E-state index in [1.54, 1.807) is 18.4 Å². The average Bonchev–Trinajstić information content (AvgIpc) is 2.67. The molecule has 0 saturated heterocycles. The average molecular weight is 312 g/mol. The summed E-state index contributed by atoms with van der Waals surface area (Å²) in [4.78, 5) is 2.63. The number of methoxy groups -OCH3 is 1. The van der Waals surface area contributed by atoms with Crippen molar-refractivity contribution in [3.63, 3.8) is 0 Å². The van der Waals surface area contributed by atoms with Gasteiger partial charge in [-0.15, -0.1) is 11.3 Å². The predicted octanol–water partition coefficient (Wildman–Crippen LogP) is 4.44. The monoisotopic (exact) mass is 311 g/mol. The Morgan fingerprint density at radius 3 is 2.82 bits per heavy atom. The molecular weight excluding hydrogens is 298 g/mol. The highest BCUT2D eigenvalue weighted by atomic mass is 79.9. The summed E-state index contributed by atoms with van der Waals surface area (Å²) in [5.41, 5.74) is 1.08. The van der Waals surface area contributed by atoms with Crippen LogP contribution in [0.2, 0.25) is 0 Å². The number of rotatable bonds is 4. The highest BCUT2D eigenvalue weighted by Gasteiger charge is 2.02. The lowest BCUT2D eigenvalue weighted by Crippen LogP contribution is -1.97. The summed E-state index contributed by atoms with van der Waals surface area (Å²) in [5, 5.41) is 3.39. The highest BCUT2D eigenvalue weighted by molar-refractivity contribution is 9.10. The van der Waals surface area contributed by atoms with Gasteiger partial charge in [-0.1, -0.05) is 6.07 Å². The molecule has 1 aromatic carbocycles. The van der Waals surface area contributed by atoms with E-state index in [1.807, 2.05) is 24.3 Å². The lowest BCUT2D eigenvalue weighted by Gasteiger charge is -2.06. The maximum atomic E-state index is 5.19. The summed E-state index contributed by atoms with van der Waals surface area (Å²) in [6.45, 7) is 2.95. The van der Waals surface area contributed by atoms with Gasteiger partial charge in [-0.25, -0.2) is 0 Å². The molecule has 0 spiro atoms. The molecule has 17 heavy (non-hydrogen) atoms. The van der Waals surface area contributed by atoms with Crippen LogP contribution in [-0.4, -0.2) is 7.11 Å². The summed E-state index contributed by atoms with van der Waals surface area (Å²) >= 11 is 5.33. The third-order valence-corrected chi connectivity index (χ3v) is 4.58. The SMILES string of the molecule is COc1cccc(NCc2cc(Br)c(C)s2)c1. The Balaban J connectivity index is 2.01. The number of hydrogen-bond donors (Lipinski definition) is 1. The smallest absolute Gasteiger partial charge is 0.120 e. The molecule has 0 aliphatic carbocycles. The van der Waals surface area contributed by atoms with Gasteiger partial charge in [0, 0.05) is 32.5 Å². The number of nitrogens with one attached hydrogen (secondary N) is 1. The summed E-state index contributed by atoms with van der Waals surface area (Å²) < 4.78 is 6.37. The van der Waals surface area contributed by atoms with E-state index in [0.29, 0.717) is 0 Å². The van der Waals surface area contributed by atoms with Gasteiger partial charge in [-0.2, -0.15) is 0 Å². The van der Waals surface area contributed by atoms with Crippen molar-refractivity contribution in [1.29, 1.82) is 0 Å². The third kappa shape index (κ3) is 3.23. The maximum absolute atomic E-state index is 5.19. The molecule has 2 aromatic rings. The minimum absolute atomic E-state index is 0.838. The summed E-state index contributed by atoms with van der Waals surface area (Å²) in [7, 11) is 1.68. The van der Waals surface area contributed by atoms with E-state index >= 15 is 0 Å².